The monoisotopic (exact) mass is 377 g/mol. The lowest BCUT2D eigenvalue weighted by Crippen LogP contribution is -2.30. The van der Waals surface area contributed by atoms with Crippen molar-refractivity contribution in [2.24, 2.45) is 5.92 Å². The molecule has 4 heterocycles. The molecule has 1 amide bonds. The minimum atomic E-state index is 0.162. The fraction of sp³-hybridized carbons (Fsp3) is 0.381. The molecule has 144 valence electrons. The minimum Gasteiger partial charge on any atom is -0.361 e. The first kappa shape index (κ1) is 18.3. The molecule has 0 aliphatic carbocycles. The van der Waals surface area contributed by atoms with Crippen molar-refractivity contribution >= 4 is 5.91 Å². The third kappa shape index (κ3) is 3.93. The van der Waals surface area contributed by atoms with Gasteiger partial charge in [-0.05, 0) is 50.3 Å². The molecule has 0 radical (unpaired) electrons. The molecular weight excluding hydrogens is 354 g/mol. The van der Waals surface area contributed by atoms with Crippen LogP contribution in [0.4, 0.5) is 0 Å². The zero-order valence-electron chi connectivity index (χ0n) is 16.1. The van der Waals surface area contributed by atoms with Crippen LogP contribution in [-0.2, 0) is 17.6 Å². The van der Waals surface area contributed by atoms with Gasteiger partial charge in [0.15, 0.2) is 0 Å². The van der Waals surface area contributed by atoms with Crippen LogP contribution in [-0.4, -0.2) is 44.0 Å². The van der Waals surface area contributed by atoms with Crippen LogP contribution >= 0.6 is 0 Å². The molecule has 0 N–H and O–H groups in total. The summed E-state index contributed by atoms with van der Waals surface area (Å²) in [5.74, 6) is 1.33. The van der Waals surface area contributed by atoms with Crippen LogP contribution in [0, 0.1) is 19.8 Å². The topological polar surface area (TPSA) is 85.0 Å². The van der Waals surface area contributed by atoms with Gasteiger partial charge in [0.2, 0.25) is 5.91 Å². The molecule has 1 fully saturated rings. The normalized spacial score (nSPS) is 16.5. The van der Waals surface area contributed by atoms with E-state index < -0.39 is 0 Å². The molecule has 7 nitrogen and oxygen atoms in total. The molecule has 0 bridgehead atoms. The van der Waals surface area contributed by atoms with Gasteiger partial charge in [-0.2, -0.15) is 0 Å². The quantitative estimate of drug-likeness (QED) is 0.680. The average molecular weight is 377 g/mol. The SMILES string of the molecule is Cc1noc(C)c1-c1cc(C[C@@H]2CCN(C(=O)Cc3cccnc3)C2)ncn1. The largest absolute Gasteiger partial charge is 0.361 e. The van der Waals surface area contributed by atoms with Gasteiger partial charge in [0.1, 0.15) is 12.1 Å². The molecular formula is C21H23N5O2. The number of aromatic nitrogens is 4. The van der Waals surface area contributed by atoms with Crippen molar-refractivity contribution in [2.45, 2.75) is 33.1 Å². The fourth-order valence-corrected chi connectivity index (χ4v) is 3.81. The van der Waals surface area contributed by atoms with Gasteiger partial charge in [-0.15, -0.1) is 0 Å². The maximum Gasteiger partial charge on any atom is 0.227 e. The highest BCUT2D eigenvalue weighted by molar-refractivity contribution is 5.79. The Kier molecular flexibility index (Phi) is 5.14. The summed E-state index contributed by atoms with van der Waals surface area (Å²) in [5, 5.41) is 4.01. The van der Waals surface area contributed by atoms with Crippen molar-refractivity contribution in [3.05, 3.63) is 59.6 Å². The Hall–Kier alpha value is -3.09. The van der Waals surface area contributed by atoms with Gasteiger partial charge in [-0.25, -0.2) is 9.97 Å². The van der Waals surface area contributed by atoms with Crippen molar-refractivity contribution in [3.8, 4) is 11.3 Å². The summed E-state index contributed by atoms with van der Waals surface area (Å²) in [6.45, 7) is 5.37. The second-order valence-electron chi connectivity index (χ2n) is 7.33. The number of pyridine rings is 1. The summed E-state index contributed by atoms with van der Waals surface area (Å²) < 4.78 is 5.25. The lowest BCUT2D eigenvalue weighted by molar-refractivity contribution is -0.129. The molecule has 28 heavy (non-hydrogen) atoms. The predicted molar refractivity (Wildman–Crippen MR) is 103 cm³/mol. The van der Waals surface area contributed by atoms with Gasteiger partial charge < -0.3 is 9.42 Å². The lowest BCUT2D eigenvalue weighted by Gasteiger charge is -2.16. The van der Waals surface area contributed by atoms with Crippen LogP contribution in [0.2, 0.25) is 0 Å². The van der Waals surface area contributed by atoms with E-state index in [1.165, 1.54) is 0 Å². The van der Waals surface area contributed by atoms with Gasteiger partial charge in [0.05, 0.1) is 23.4 Å². The molecule has 0 spiro atoms. The van der Waals surface area contributed by atoms with Crippen LogP contribution < -0.4 is 0 Å². The second kappa shape index (κ2) is 7.88. The maximum absolute atomic E-state index is 12.6. The van der Waals surface area contributed by atoms with Gasteiger partial charge in [0, 0.05) is 31.2 Å². The van der Waals surface area contributed by atoms with E-state index in [0.717, 1.165) is 59.9 Å². The zero-order valence-corrected chi connectivity index (χ0v) is 16.1. The Balaban J connectivity index is 1.39. The maximum atomic E-state index is 12.6. The number of rotatable bonds is 5. The highest BCUT2D eigenvalue weighted by atomic mass is 16.5. The van der Waals surface area contributed by atoms with E-state index in [2.05, 4.69) is 20.1 Å². The van der Waals surface area contributed by atoms with Crippen molar-refractivity contribution < 1.29 is 9.32 Å². The molecule has 1 aliphatic rings. The van der Waals surface area contributed by atoms with Crippen molar-refractivity contribution in [2.75, 3.05) is 13.1 Å². The van der Waals surface area contributed by atoms with Crippen LogP contribution in [0.1, 0.15) is 29.1 Å². The Morgan fingerprint density at radius 1 is 1.32 bits per heavy atom. The summed E-state index contributed by atoms with van der Waals surface area (Å²) >= 11 is 0. The van der Waals surface area contributed by atoms with Gasteiger partial charge in [0.25, 0.3) is 0 Å². The van der Waals surface area contributed by atoms with Crippen molar-refractivity contribution in [3.63, 3.8) is 0 Å². The van der Waals surface area contributed by atoms with Crippen LogP contribution in [0.5, 0.6) is 0 Å². The molecule has 7 heteroatoms. The van der Waals surface area contributed by atoms with E-state index in [4.69, 9.17) is 4.52 Å². The van der Waals surface area contributed by atoms with E-state index >= 15 is 0 Å². The Labute approximate surface area is 163 Å². The van der Waals surface area contributed by atoms with Gasteiger partial charge >= 0.3 is 0 Å². The number of likely N-dealkylation sites (tertiary alicyclic amines) is 1. The van der Waals surface area contributed by atoms with E-state index in [9.17, 15) is 4.79 Å². The van der Waals surface area contributed by atoms with Crippen LogP contribution in [0.3, 0.4) is 0 Å². The Morgan fingerprint density at radius 3 is 2.96 bits per heavy atom. The van der Waals surface area contributed by atoms with Crippen LogP contribution in [0.25, 0.3) is 11.3 Å². The molecule has 1 aliphatic heterocycles. The first-order valence-electron chi connectivity index (χ1n) is 9.51. The molecule has 0 unspecified atom stereocenters. The number of amides is 1. The Bertz CT molecular complexity index is 950. The number of hydrogen-bond donors (Lipinski definition) is 0. The fourth-order valence-electron chi connectivity index (χ4n) is 3.81. The first-order valence-corrected chi connectivity index (χ1v) is 9.51. The third-order valence-electron chi connectivity index (χ3n) is 5.23. The number of carbonyl (C=O) groups excluding carboxylic acids is 1. The number of carbonyl (C=O) groups is 1. The smallest absolute Gasteiger partial charge is 0.227 e. The third-order valence-corrected chi connectivity index (χ3v) is 5.23. The lowest BCUT2D eigenvalue weighted by atomic mass is 10.0. The zero-order chi connectivity index (χ0) is 19.5. The highest BCUT2D eigenvalue weighted by Crippen LogP contribution is 2.27. The van der Waals surface area contributed by atoms with E-state index in [0.29, 0.717) is 12.3 Å². The summed E-state index contributed by atoms with van der Waals surface area (Å²) in [4.78, 5) is 27.4. The van der Waals surface area contributed by atoms with Gasteiger partial charge in [-0.3, -0.25) is 9.78 Å². The molecule has 0 saturated carbocycles. The van der Waals surface area contributed by atoms with E-state index in [1.54, 1.807) is 18.7 Å². The van der Waals surface area contributed by atoms with Crippen molar-refractivity contribution in [1.82, 2.24) is 25.0 Å². The van der Waals surface area contributed by atoms with Crippen LogP contribution in [0.15, 0.2) is 41.4 Å². The summed E-state index contributed by atoms with van der Waals surface area (Å²) in [6, 6.07) is 5.81. The van der Waals surface area contributed by atoms with E-state index in [1.807, 2.05) is 36.9 Å². The molecule has 0 aromatic carbocycles. The Morgan fingerprint density at radius 2 is 2.21 bits per heavy atom. The standard InChI is InChI=1S/C21H23N5O2/c1-14-21(15(2)28-25-14)19-10-18(23-13-24-19)8-17-5-7-26(12-17)20(27)9-16-4-3-6-22-11-16/h3-4,6,10-11,13,17H,5,7-9,12H2,1-2H3/t17-/m0/s1. The molecule has 1 atom stereocenters. The molecule has 4 rings (SSSR count). The molecule has 3 aromatic heterocycles. The number of hydrogen-bond acceptors (Lipinski definition) is 6. The van der Waals surface area contributed by atoms with Crippen molar-refractivity contribution in [1.29, 1.82) is 0 Å². The molecule has 1 saturated heterocycles. The summed E-state index contributed by atoms with van der Waals surface area (Å²) in [5.41, 5.74) is 4.54. The number of nitrogens with zero attached hydrogens (tertiary/aromatic N) is 5. The van der Waals surface area contributed by atoms with Gasteiger partial charge in [-0.1, -0.05) is 11.2 Å². The average Bonchev–Trinajstić information content (AvgIpc) is 3.29. The molecule has 3 aromatic rings. The van der Waals surface area contributed by atoms with E-state index in [-0.39, 0.29) is 5.91 Å². The summed E-state index contributed by atoms with van der Waals surface area (Å²) in [7, 11) is 0. The number of aryl methyl sites for hydroxylation is 2. The minimum absolute atomic E-state index is 0.162. The first-order chi connectivity index (χ1) is 13.6. The highest BCUT2D eigenvalue weighted by Gasteiger charge is 2.27. The summed E-state index contributed by atoms with van der Waals surface area (Å²) in [6.07, 6.45) is 7.29. The predicted octanol–water partition coefficient (Wildman–Crippen LogP) is 2.78. The second-order valence-corrected chi connectivity index (χ2v) is 7.33.